The van der Waals surface area contributed by atoms with Crippen molar-refractivity contribution < 1.29 is 9.59 Å². The fraction of sp³-hybridized carbons (Fsp3) is 0.391. The van der Waals surface area contributed by atoms with E-state index in [1.807, 2.05) is 25.1 Å². The Morgan fingerprint density at radius 1 is 1.07 bits per heavy atom. The van der Waals surface area contributed by atoms with Gasteiger partial charge in [0.1, 0.15) is 0 Å². The van der Waals surface area contributed by atoms with Gasteiger partial charge in [0.15, 0.2) is 0 Å². The average molecular weight is 380 g/mol. The summed E-state index contributed by atoms with van der Waals surface area (Å²) < 4.78 is 0. The van der Waals surface area contributed by atoms with Gasteiger partial charge in [0.05, 0.1) is 11.3 Å². The van der Waals surface area contributed by atoms with Crippen molar-refractivity contribution in [2.45, 2.75) is 33.2 Å². The molecule has 0 unspecified atom stereocenters. The second-order valence-electron chi connectivity index (χ2n) is 7.65. The van der Waals surface area contributed by atoms with Gasteiger partial charge in [-0.25, -0.2) is 0 Å². The molecule has 5 heteroatoms. The summed E-state index contributed by atoms with van der Waals surface area (Å²) in [5.41, 5.74) is 3.43. The third-order valence-corrected chi connectivity index (χ3v) is 5.24. The number of benzene rings is 2. The molecule has 2 amide bonds. The molecule has 2 N–H and O–H groups in total. The van der Waals surface area contributed by atoms with Crippen molar-refractivity contribution in [2.75, 3.05) is 25.0 Å². The van der Waals surface area contributed by atoms with Crippen molar-refractivity contribution in [3.63, 3.8) is 0 Å². The molecule has 1 aliphatic rings. The smallest absolute Gasteiger partial charge is 0.253 e. The first-order valence-corrected chi connectivity index (χ1v) is 9.94. The summed E-state index contributed by atoms with van der Waals surface area (Å²) in [6.07, 6.45) is 2.17. The van der Waals surface area contributed by atoms with Crippen LogP contribution in [0.2, 0.25) is 0 Å². The number of hydrogen-bond donors (Lipinski definition) is 2. The maximum Gasteiger partial charge on any atom is 0.253 e. The first kappa shape index (κ1) is 20.1. The lowest BCUT2D eigenvalue weighted by molar-refractivity contribution is -0.114. The summed E-state index contributed by atoms with van der Waals surface area (Å²) >= 11 is 0. The highest BCUT2D eigenvalue weighted by atomic mass is 16.2. The van der Waals surface area contributed by atoms with E-state index in [9.17, 15) is 9.59 Å². The molecule has 0 bridgehead atoms. The van der Waals surface area contributed by atoms with Crippen molar-refractivity contribution >= 4 is 17.5 Å². The fourth-order valence-corrected chi connectivity index (χ4v) is 3.67. The summed E-state index contributed by atoms with van der Waals surface area (Å²) in [6, 6.07) is 16.0. The Hall–Kier alpha value is -2.66. The van der Waals surface area contributed by atoms with Gasteiger partial charge in [0.25, 0.3) is 5.91 Å². The molecule has 0 spiro atoms. The molecule has 0 radical (unpaired) electrons. The van der Waals surface area contributed by atoms with Crippen LogP contribution in [0.4, 0.5) is 5.69 Å². The van der Waals surface area contributed by atoms with Crippen LogP contribution in [0, 0.1) is 12.8 Å². The Balaban J connectivity index is 1.49. The Labute approximate surface area is 167 Å². The first-order valence-electron chi connectivity index (χ1n) is 9.94. The number of anilines is 1. The summed E-state index contributed by atoms with van der Waals surface area (Å²) in [4.78, 5) is 26.5. The number of amides is 2. The van der Waals surface area contributed by atoms with Crippen LogP contribution in [-0.4, -0.2) is 36.3 Å². The van der Waals surface area contributed by atoms with Crippen LogP contribution < -0.4 is 10.6 Å². The summed E-state index contributed by atoms with van der Waals surface area (Å²) in [6.45, 7) is 7.16. The van der Waals surface area contributed by atoms with Crippen molar-refractivity contribution in [3.05, 3.63) is 65.2 Å². The molecule has 0 atom stereocenters. The number of nitrogens with zero attached hydrogens (tertiary/aromatic N) is 1. The highest BCUT2D eigenvalue weighted by molar-refractivity contribution is 6.03. The molecule has 1 aliphatic heterocycles. The molecule has 1 heterocycles. The van der Waals surface area contributed by atoms with Crippen LogP contribution in [0.3, 0.4) is 0 Å². The molecule has 1 fully saturated rings. The minimum absolute atomic E-state index is 0.126. The molecule has 3 rings (SSSR count). The highest BCUT2D eigenvalue weighted by Crippen LogP contribution is 2.20. The Bertz CT molecular complexity index is 812. The van der Waals surface area contributed by atoms with E-state index in [0.717, 1.165) is 38.0 Å². The Morgan fingerprint density at radius 3 is 2.46 bits per heavy atom. The molecular weight excluding hydrogens is 350 g/mol. The zero-order valence-corrected chi connectivity index (χ0v) is 16.7. The van der Waals surface area contributed by atoms with Gasteiger partial charge in [-0.15, -0.1) is 0 Å². The maximum atomic E-state index is 12.7. The topological polar surface area (TPSA) is 61.4 Å². The normalized spacial score (nSPS) is 15.2. The van der Waals surface area contributed by atoms with E-state index in [4.69, 9.17) is 0 Å². The summed E-state index contributed by atoms with van der Waals surface area (Å²) in [7, 11) is 0. The lowest BCUT2D eigenvalue weighted by Gasteiger charge is -2.32. The van der Waals surface area contributed by atoms with Crippen molar-refractivity contribution in [1.82, 2.24) is 10.2 Å². The SMILES string of the molecule is CC(=O)Nc1ccc(C)cc1C(=O)NCC1CCN(Cc2ccccc2)CC1. The van der Waals surface area contributed by atoms with E-state index in [0.29, 0.717) is 23.7 Å². The lowest BCUT2D eigenvalue weighted by atomic mass is 9.96. The van der Waals surface area contributed by atoms with E-state index in [2.05, 4.69) is 39.8 Å². The van der Waals surface area contributed by atoms with E-state index in [1.54, 1.807) is 6.07 Å². The molecule has 5 nitrogen and oxygen atoms in total. The van der Waals surface area contributed by atoms with E-state index in [-0.39, 0.29) is 11.8 Å². The minimum atomic E-state index is -0.177. The average Bonchev–Trinajstić information content (AvgIpc) is 2.69. The molecule has 2 aromatic carbocycles. The molecular formula is C23H29N3O2. The van der Waals surface area contributed by atoms with E-state index >= 15 is 0 Å². The molecule has 0 aromatic heterocycles. The molecule has 28 heavy (non-hydrogen) atoms. The van der Waals surface area contributed by atoms with Crippen LogP contribution in [0.5, 0.6) is 0 Å². The number of aryl methyl sites for hydroxylation is 1. The zero-order valence-electron chi connectivity index (χ0n) is 16.7. The third kappa shape index (κ3) is 5.67. The van der Waals surface area contributed by atoms with Gasteiger partial charge in [-0.3, -0.25) is 14.5 Å². The number of piperidine rings is 1. The number of likely N-dealkylation sites (tertiary alicyclic amines) is 1. The molecule has 148 valence electrons. The Morgan fingerprint density at radius 2 is 1.79 bits per heavy atom. The predicted octanol–water partition coefficient (Wildman–Crippen LogP) is 3.60. The number of hydrogen-bond acceptors (Lipinski definition) is 3. The van der Waals surface area contributed by atoms with Gasteiger partial charge in [0.2, 0.25) is 5.91 Å². The summed E-state index contributed by atoms with van der Waals surface area (Å²) in [5, 5.41) is 5.81. The number of nitrogens with one attached hydrogen (secondary N) is 2. The van der Waals surface area contributed by atoms with Gasteiger partial charge < -0.3 is 10.6 Å². The monoisotopic (exact) mass is 379 g/mol. The minimum Gasteiger partial charge on any atom is -0.352 e. The third-order valence-electron chi connectivity index (χ3n) is 5.24. The summed E-state index contributed by atoms with van der Waals surface area (Å²) in [5.74, 6) is 0.188. The maximum absolute atomic E-state index is 12.7. The lowest BCUT2D eigenvalue weighted by Crippen LogP contribution is -2.38. The number of carbonyl (C=O) groups excluding carboxylic acids is 2. The molecule has 0 aliphatic carbocycles. The number of carbonyl (C=O) groups is 2. The fourth-order valence-electron chi connectivity index (χ4n) is 3.67. The largest absolute Gasteiger partial charge is 0.352 e. The standard InChI is InChI=1S/C23H29N3O2/c1-17-8-9-22(25-18(2)27)21(14-17)23(28)24-15-19-10-12-26(13-11-19)16-20-6-4-3-5-7-20/h3-9,14,19H,10-13,15-16H2,1-2H3,(H,24,28)(H,25,27). The van der Waals surface area contributed by atoms with Crippen LogP contribution in [0.1, 0.15) is 41.3 Å². The quantitative estimate of drug-likeness (QED) is 0.806. The van der Waals surface area contributed by atoms with Crippen molar-refractivity contribution in [2.24, 2.45) is 5.92 Å². The van der Waals surface area contributed by atoms with Gasteiger partial charge >= 0.3 is 0 Å². The highest BCUT2D eigenvalue weighted by Gasteiger charge is 2.21. The van der Waals surface area contributed by atoms with Gasteiger partial charge in [-0.1, -0.05) is 42.0 Å². The van der Waals surface area contributed by atoms with Crippen LogP contribution >= 0.6 is 0 Å². The van der Waals surface area contributed by atoms with E-state index in [1.165, 1.54) is 12.5 Å². The van der Waals surface area contributed by atoms with Gasteiger partial charge in [-0.05, 0) is 56.5 Å². The zero-order chi connectivity index (χ0) is 19.9. The van der Waals surface area contributed by atoms with Crippen LogP contribution in [0.25, 0.3) is 0 Å². The predicted molar refractivity (Wildman–Crippen MR) is 112 cm³/mol. The van der Waals surface area contributed by atoms with Crippen LogP contribution in [-0.2, 0) is 11.3 Å². The molecule has 1 saturated heterocycles. The second kappa shape index (κ2) is 9.51. The molecule has 2 aromatic rings. The van der Waals surface area contributed by atoms with E-state index < -0.39 is 0 Å². The van der Waals surface area contributed by atoms with Gasteiger partial charge in [-0.2, -0.15) is 0 Å². The first-order chi connectivity index (χ1) is 13.5. The van der Waals surface area contributed by atoms with Crippen LogP contribution in [0.15, 0.2) is 48.5 Å². The Kier molecular flexibility index (Phi) is 6.82. The van der Waals surface area contributed by atoms with Gasteiger partial charge in [0, 0.05) is 20.0 Å². The molecule has 0 saturated carbocycles. The van der Waals surface area contributed by atoms with Crippen molar-refractivity contribution in [3.8, 4) is 0 Å². The second-order valence-corrected chi connectivity index (χ2v) is 7.65. The van der Waals surface area contributed by atoms with Crippen molar-refractivity contribution in [1.29, 1.82) is 0 Å². The number of rotatable bonds is 6.